The van der Waals surface area contributed by atoms with Gasteiger partial charge in [0, 0.05) is 6.54 Å². The zero-order chi connectivity index (χ0) is 7.82. The molecule has 0 amide bonds. The molecule has 0 fully saturated rings. The van der Waals surface area contributed by atoms with Crippen LogP contribution in [0.5, 0.6) is 0 Å². The summed E-state index contributed by atoms with van der Waals surface area (Å²) in [6.45, 7) is 3.16. The van der Waals surface area contributed by atoms with Gasteiger partial charge in [-0.15, -0.1) is 5.73 Å². The highest BCUT2D eigenvalue weighted by Crippen LogP contribution is 1.85. The van der Waals surface area contributed by atoms with Gasteiger partial charge in [-0.3, -0.25) is 0 Å². The Morgan fingerprint density at radius 2 is 2.00 bits per heavy atom. The molecular weight excluding hydrogens is 122 g/mol. The Balaban J connectivity index is 3.34. The standard InChI is InChI=1S/C9H17N/c1-4-5-6-7-8-9-10(2)3/h6,8H,4-5,9H2,1-3H3. The van der Waals surface area contributed by atoms with E-state index in [1.165, 1.54) is 6.42 Å². The van der Waals surface area contributed by atoms with Crippen LogP contribution in [0.4, 0.5) is 0 Å². The molecular formula is C9H17N. The molecule has 0 rings (SSSR count). The lowest BCUT2D eigenvalue weighted by molar-refractivity contribution is 0.456. The van der Waals surface area contributed by atoms with Gasteiger partial charge in [0.25, 0.3) is 0 Å². The van der Waals surface area contributed by atoms with Crippen LogP contribution in [0, 0.1) is 0 Å². The molecule has 0 heterocycles. The second kappa shape index (κ2) is 6.60. The van der Waals surface area contributed by atoms with Crippen molar-refractivity contribution in [2.45, 2.75) is 19.8 Å². The summed E-state index contributed by atoms with van der Waals surface area (Å²) in [5.74, 6) is 0. The lowest BCUT2D eigenvalue weighted by Crippen LogP contribution is -2.09. The predicted molar refractivity (Wildman–Crippen MR) is 46.1 cm³/mol. The van der Waals surface area contributed by atoms with Crippen molar-refractivity contribution >= 4 is 0 Å². The normalized spacial score (nSPS) is 9.20. The van der Waals surface area contributed by atoms with Crippen LogP contribution in [0.2, 0.25) is 0 Å². The summed E-state index contributed by atoms with van der Waals surface area (Å²) < 4.78 is 0. The Labute approximate surface area is 64.0 Å². The van der Waals surface area contributed by atoms with Crippen molar-refractivity contribution in [3.05, 3.63) is 17.9 Å². The van der Waals surface area contributed by atoms with Gasteiger partial charge in [-0.25, -0.2) is 0 Å². The van der Waals surface area contributed by atoms with E-state index in [1.807, 2.05) is 0 Å². The van der Waals surface area contributed by atoms with Crippen LogP contribution in [0.25, 0.3) is 0 Å². The second-order valence-electron chi connectivity index (χ2n) is 2.63. The molecule has 0 aliphatic carbocycles. The summed E-state index contributed by atoms with van der Waals surface area (Å²) in [5.41, 5.74) is 3.13. The molecule has 0 aromatic carbocycles. The highest BCUT2D eigenvalue weighted by Gasteiger charge is 1.78. The van der Waals surface area contributed by atoms with Gasteiger partial charge in [0.2, 0.25) is 0 Å². The van der Waals surface area contributed by atoms with E-state index in [4.69, 9.17) is 0 Å². The van der Waals surface area contributed by atoms with Gasteiger partial charge in [0.1, 0.15) is 0 Å². The van der Waals surface area contributed by atoms with Crippen LogP contribution in [0.15, 0.2) is 17.9 Å². The molecule has 10 heavy (non-hydrogen) atoms. The predicted octanol–water partition coefficient (Wildman–Crippen LogP) is 2.06. The van der Waals surface area contributed by atoms with E-state index >= 15 is 0 Å². The first kappa shape index (κ1) is 9.48. The number of hydrogen-bond acceptors (Lipinski definition) is 1. The quantitative estimate of drug-likeness (QED) is 0.539. The van der Waals surface area contributed by atoms with E-state index in [-0.39, 0.29) is 0 Å². The lowest BCUT2D eigenvalue weighted by atomic mass is 10.3. The molecule has 0 saturated heterocycles. The van der Waals surface area contributed by atoms with E-state index < -0.39 is 0 Å². The first-order valence-corrected chi connectivity index (χ1v) is 3.81. The third-order valence-corrected chi connectivity index (χ3v) is 1.13. The van der Waals surface area contributed by atoms with Gasteiger partial charge in [0.15, 0.2) is 0 Å². The average Bonchev–Trinajstić information content (AvgIpc) is 1.87. The largest absolute Gasteiger partial charge is 0.305 e. The molecule has 0 spiro atoms. The number of rotatable bonds is 4. The van der Waals surface area contributed by atoms with Crippen molar-refractivity contribution in [3.8, 4) is 0 Å². The maximum atomic E-state index is 3.13. The van der Waals surface area contributed by atoms with Crippen molar-refractivity contribution in [3.63, 3.8) is 0 Å². The first-order valence-electron chi connectivity index (χ1n) is 3.81. The zero-order valence-electron chi connectivity index (χ0n) is 7.22. The summed E-state index contributed by atoms with van der Waals surface area (Å²) in [6, 6.07) is 0. The Hall–Kier alpha value is -0.520. The van der Waals surface area contributed by atoms with E-state index in [1.54, 1.807) is 0 Å². The summed E-state index contributed by atoms with van der Waals surface area (Å²) >= 11 is 0. The fraction of sp³-hybridized carbons (Fsp3) is 0.667. The molecule has 1 heteroatoms. The summed E-state index contributed by atoms with van der Waals surface area (Å²) in [4.78, 5) is 2.12. The summed E-state index contributed by atoms with van der Waals surface area (Å²) in [7, 11) is 4.11. The van der Waals surface area contributed by atoms with Gasteiger partial charge < -0.3 is 4.90 Å². The van der Waals surface area contributed by atoms with Crippen LogP contribution >= 0.6 is 0 Å². The van der Waals surface area contributed by atoms with Gasteiger partial charge in [-0.05, 0) is 32.7 Å². The minimum atomic E-state index is 0.986. The molecule has 1 nitrogen and oxygen atoms in total. The van der Waals surface area contributed by atoms with E-state index in [0.29, 0.717) is 0 Å². The van der Waals surface area contributed by atoms with Crippen LogP contribution in [0.3, 0.4) is 0 Å². The monoisotopic (exact) mass is 139 g/mol. The minimum absolute atomic E-state index is 0.986. The third-order valence-electron chi connectivity index (χ3n) is 1.13. The Morgan fingerprint density at radius 1 is 1.30 bits per heavy atom. The fourth-order valence-corrected chi connectivity index (χ4v) is 0.546. The molecule has 58 valence electrons. The van der Waals surface area contributed by atoms with Crippen LogP contribution < -0.4 is 0 Å². The molecule has 0 radical (unpaired) electrons. The second-order valence-corrected chi connectivity index (χ2v) is 2.63. The third kappa shape index (κ3) is 7.48. The highest BCUT2D eigenvalue weighted by molar-refractivity contribution is 4.85. The van der Waals surface area contributed by atoms with E-state index in [2.05, 4.69) is 43.8 Å². The van der Waals surface area contributed by atoms with Gasteiger partial charge in [-0.2, -0.15) is 0 Å². The molecule has 0 aliphatic heterocycles. The first-order chi connectivity index (χ1) is 4.77. The number of hydrogen-bond donors (Lipinski definition) is 0. The van der Waals surface area contributed by atoms with Crippen molar-refractivity contribution in [1.29, 1.82) is 0 Å². The number of unbranched alkanes of at least 4 members (excludes halogenated alkanes) is 1. The molecule has 0 aromatic heterocycles. The smallest absolute Gasteiger partial charge is 0.0232 e. The maximum absolute atomic E-state index is 3.13. The highest BCUT2D eigenvalue weighted by atomic mass is 15.0. The summed E-state index contributed by atoms with van der Waals surface area (Å²) in [6.07, 6.45) is 6.49. The average molecular weight is 139 g/mol. The lowest BCUT2D eigenvalue weighted by Gasteiger charge is -2.01. The molecule has 0 atom stereocenters. The van der Waals surface area contributed by atoms with Gasteiger partial charge >= 0.3 is 0 Å². The molecule has 0 unspecified atom stereocenters. The Bertz CT molecular complexity index is 119. The molecule has 0 saturated carbocycles. The fourth-order valence-electron chi connectivity index (χ4n) is 0.546. The molecule has 0 bridgehead atoms. The van der Waals surface area contributed by atoms with Gasteiger partial charge in [-0.1, -0.05) is 13.3 Å². The van der Waals surface area contributed by atoms with E-state index in [9.17, 15) is 0 Å². The van der Waals surface area contributed by atoms with Crippen molar-refractivity contribution < 1.29 is 0 Å². The van der Waals surface area contributed by atoms with E-state index in [0.717, 1.165) is 13.0 Å². The number of likely N-dealkylation sites (N-methyl/N-ethyl adjacent to an activating group) is 1. The SMILES string of the molecule is CCCC=C=CCN(C)C. The van der Waals surface area contributed by atoms with Crippen LogP contribution in [-0.2, 0) is 0 Å². The Kier molecular flexibility index (Phi) is 6.25. The molecule has 0 N–H and O–H groups in total. The van der Waals surface area contributed by atoms with Crippen LogP contribution in [0.1, 0.15) is 19.8 Å². The van der Waals surface area contributed by atoms with Crippen molar-refractivity contribution in [2.24, 2.45) is 0 Å². The zero-order valence-corrected chi connectivity index (χ0v) is 7.22. The van der Waals surface area contributed by atoms with Crippen molar-refractivity contribution in [1.82, 2.24) is 4.90 Å². The molecule has 0 aliphatic rings. The van der Waals surface area contributed by atoms with Crippen molar-refractivity contribution in [2.75, 3.05) is 20.6 Å². The number of nitrogens with zero attached hydrogens (tertiary/aromatic N) is 1. The van der Waals surface area contributed by atoms with Gasteiger partial charge in [0.05, 0.1) is 0 Å². The minimum Gasteiger partial charge on any atom is -0.305 e. The topological polar surface area (TPSA) is 3.24 Å². The maximum Gasteiger partial charge on any atom is 0.0232 e. The molecule has 0 aromatic rings. The summed E-state index contributed by atoms with van der Waals surface area (Å²) in [5, 5.41) is 0. The van der Waals surface area contributed by atoms with Crippen LogP contribution in [-0.4, -0.2) is 25.5 Å². The Morgan fingerprint density at radius 3 is 2.50 bits per heavy atom.